The van der Waals surface area contributed by atoms with Crippen LogP contribution < -0.4 is 10.6 Å². The van der Waals surface area contributed by atoms with Gasteiger partial charge in [0.2, 0.25) is 5.91 Å². The molecule has 5 heteroatoms. The van der Waals surface area contributed by atoms with Crippen molar-refractivity contribution in [2.24, 2.45) is 0 Å². The van der Waals surface area contributed by atoms with E-state index in [0.717, 1.165) is 16.8 Å². The monoisotopic (exact) mass is 346 g/mol. The molecule has 0 aliphatic heterocycles. The Morgan fingerprint density at radius 3 is 2.43 bits per heavy atom. The Morgan fingerprint density at radius 2 is 1.78 bits per heavy atom. The van der Waals surface area contributed by atoms with E-state index in [1.807, 2.05) is 36.4 Å². The number of anilines is 1. The summed E-state index contributed by atoms with van der Waals surface area (Å²) in [7, 11) is 0. The highest BCUT2D eigenvalue weighted by Gasteiger charge is 2.09. The van der Waals surface area contributed by atoms with Crippen LogP contribution in [0.1, 0.15) is 30.9 Å². The minimum Gasteiger partial charge on any atom is -0.332 e. The van der Waals surface area contributed by atoms with Crippen molar-refractivity contribution in [3.8, 4) is 0 Å². The van der Waals surface area contributed by atoms with Crippen molar-refractivity contribution < 1.29 is 4.79 Å². The Bertz CT molecular complexity index is 698. The molecule has 23 heavy (non-hydrogen) atoms. The smallest absolute Gasteiger partial charge is 0.230 e. The first-order chi connectivity index (χ1) is 11.0. The van der Waals surface area contributed by atoms with Crippen molar-refractivity contribution in [2.75, 3.05) is 5.32 Å². The summed E-state index contributed by atoms with van der Waals surface area (Å²) in [5.41, 5.74) is 2.96. The van der Waals surface area contributed by atoms with Crippen LogP contribution in [0.15, 0.2) is 48.5 Å². The average Bonchev–Trinajstić information content (AvgIpc) is 2.49. The maximum Gasteiger partial charge on any atom is 0.230 e. The van der Waals surface area contributed by atoms with Gasteiger partial charge in [0.1, 0.15) is 0 Å². The number of hydrogen-bond acceptors (Lipinski definition) is 2. The fraction of sp³-hybridized carbons (Fsp3) is 0.222. The Balaban J connectivity index is 1.94. The lowest BCUT2D eigenvalue weighted by molar-refractivity contribution is -0.119. The van der Waals surface area contributed by atoms with E-state index in [9.17, 15) is 4.79 Å². The molecule has 0 heterocycles. The first-order valence-corrected chi connectivity index (χ1v) is 8.18. The zero-order chi connectivity index (χ0) is 16.8. The lowest BCUT2D eigenvalue weighted by atomic mass is 10.0. The van der Waals surface area contributed by atoms with Crippen LogP contribution in [0.2, 0.25) is 5.02 Å². The van der Waals surface area contributed by atoms with Crippen LogP contribution in [0.5, 0.6) is 0 Å². The highest BCUT2D eigenvalue weighted by atomic mass is 35.5. The average molecular weight is 347 g/mol. The van der Waals surface area contributed by atoms with Gasteiger partial charge in [-0.05, 0) is 47.5 Å². The van der Waals surface area contributed by atoms with Gasteiger partial charge < -0.3 is 10.6 Å². The minimum absolute atomic E-state index is 0.160. The maximum absolute atomic E-state index is 12.0. The number of halogens is 1. The second kappa shape index (κ2) is 8.09. The summed E-state index contributed by atoms with van der Waals surface area (Å²) in [6.07, 6.45) is 0.255. The van der Waals surface area contributed by atoms with Crippen molar-refractivity contribution in [1.82, 2.24) is 5.32 Å². The lowest BCUT2D eigenvalue weighted by Crippen LogP contribution is -2.35. The molecular weight excluding hydrogens is 328 g/mol. The fourth-order valence-electron chi connectivity index (χ4n) is 2.23. The number of thiocarbonyl (C=S) groups is 1. The zero-order valence-electron chi connectivity index (χ0n) is 13.1. The second-order valence-electron chi connectivity index (χ2n) is 5.55. The van der Waals surface area contributed by atoms with Crippen molar-refractivity contribution in [3.05, 3.63) is 64.7 Å². The number of benzene rings is 2. The van der Waals surface area contributed by atoms with E-state index in [-0.39, 0.29) is 12.3 Å². The van der Waals surface area contributed by atoms with Crippen molar-refractivity contribution in [2.45, 2.75) is 26.2 Å². The van der Waals surface area contributed by atoms with Gasteiger partial charge in [0, 0.05) is 10.7 Å². The van der Waals surface area contributed by atoms with E-state index in [4.69, 9.17) is 23.8 Å². The van der Waals surface area contributed by atoms with Crippen molar-refractivity contribution >= 4 is 40.5 Å². The molecule has 2 aromatic rings. The van der Waals surface area contributed by atoms with Crippen molar-refractivity contribution in [3.63, 3.8) is 0 Å². The van der Waals surface area contributed by atoms with E-state index in [2.05, 4.69) is 24.5 Å². The number of carbonyl (C=O) groups excluding carboxylic acids is 1. The normalized spacial score (nSPS) is 10.4. The summed E-state index contributed by atoms with van der Waals surface area (Å²) >= 11 is 11.1. The van der Waals surface area contributed by atoms with Gasteiger partial charge in [-0.2, -0.15) is 0 Å². The van der Waals surface area contributed by atoms with Gasteiger partial charge in [-0.15, -0.1) is 0 Å². The molecule has 1 amide bonds. The van der Waals surface area contributed by atoms with E-state index >= 15 is 0 Å². The molecule has 0 bridgehead atoms. The van der Waals surface area contributed by atoms with Gasteiger partial charge in [-0.3, -0.25) is 4.79 Å². The molecule has 0 saturated heterocycles. The molecule has 0 aromatic heterocycles. The number of hydrogen-bond donors (Lipinski definition) is 2. The predicted octanol–water partition coefficient (Wildman–Crippen LogP) is 4.52. The quantitative estimate of drug-likeness (QED) is 0.800. The first kappa shape index (κ1) is 17.4. The molecule has 0 unspecified atom stereocenters. The van der Waals surface area contributed by atoms with Crippen LogP contribution in [0.4, 0.5) is 5.69 Å². The summed E-state index contributed by atoms with van der Waals surface area (Å²) in [6, 6.07) is 15.1. The summed E-state index contributed by atoms with van der Waals surface area (Å²) in [6.45, 7) is 4.23. The van der Waals surface area contributed by atoms with Crippen LogP contribution >= 0.6 is 23.8 Å². The molecule has 0 spiro atoms. The zero-order valence-corrected chi connectivity index (χ0v) is 14.7. The van der Waals surface area contributed by atoms with Gasteiger partial charge in [0.05, 0.1) is 6.42 Å². The Kier molecular flexibility index (Phi) is 6.13. The third kappa shape index (κ3) is 5.34. The van der Waals surface area contributed by atoms with E-state index < -0.39 is 0 Å². The fourth-order valence-corrected chi connectivity index (χ4v) is 2.58. The molecule has 0 aliphatic rings. The summed E-state index contributed by atoms with van der Waals surface area (Å²) in [5, 5.41) is 6.75. The standard InChI is InChI=1S/C18H19ClN2OS/c1-12(2)15-5-3-4-6-16(15)20-18(23)21-17(22)11-13-7-9-14(19)10-8-13/h3-10,12H,11H2,1-2H3,(H2,20,21,22,23). The number of carbonyl (C=O) groups is 1. The molecule has 3 nitrogen and oxygen atoms in total. The maximum atomic E-state index is 12.0. The number of para-hydroxylation sites is 1. The van der Waals surface area contributed by atoms with E-state index in [1.165, 1.54) is 0 Å². The van der Waals surface area contributed by atoms with Crippen LogP contribution in [-0.4, -0.2) is 11.0 Å². The highest BCUT2D eigenvalue weighted by molar-refractivity contribution is 7.80. The molecule has 0 saturated carbocycles. The molecule has 0 atom stereocenters. The molecular formula is C18H19ClN2OS. The topological polar surface area (TPSA) is 41.1 Å². The van der Waals surface area contributed by atoms with Crippen LogP contribution in [0.3, 0.4) is 0 Å². The number of rotatable bonds is 4. The molecule has 2 rings (SSSR count). The summed E-state index contributed by atoms with van der Waals surface area (Å²) < 4.78 is 0. The second-order valence-corrected chi connectivity index (χ2v) is 6.39. The molecule has 2 aromatic carbocycles. The van der Waals surface area contributed by atoms with Gasteiger partial charge >= 0.3 is 0 Å². The highest BCUT2D eigenvalue weighted by Crippen LogP contribution is 2.23. The van der Waals surface area contributed by atoms with E-state index in [0.29, 0.717) is 16.1 Å². The third-order valence-corrected chi connectivity index (χ3v) is 3.82. The molecule has 0 radical (unpaired) electrons. The Morgan fingerprint density at radius 1 is 1.13 bits per heavy atom. The largest absolute Gasteiger partial charge is 0.332 e. The Labute approximate surface area is 147 Å². The van der Waals surface area contributed by atoms with Gasteiger partial charge in [0.25, 0.3) is 0 Å². The lowest BCUT2D eigenvalue weighted by Gasteiger charge is -2.15. The van der Waals surface area contributed by atoms with Crippen LogP contribution in [0.25, 0.3) is 0 Å². The van der Waals surface area contributed by atoms with Crippen LogP contribution in [0, 0.1) is 0 Å². The summed E-state index contributed by atoms with van der Waals surface area (Å²) in [4.78, 5) is 12.0. The third-order valence-electron chi connectivity index (χ3n) is 3.36. The minimum atomic E-state index is -0.160. The molecule has 120 valence electrons. The first-order valence-electron chi connectivity index (χ1n) is 7.40. The molecule has 2 N–H and O–H groups in total. The summed E-state index contributed by atoms with van der Waals surface area (Å²) in [5.74, 6) is 0.207. The number of amides is 1. The van der Waals surface area contributed by atoms with Gasteiger partial charge in [0.15, 0.2) is 5.11 Å². The van der Waals surface area contributed by atoms with Crippen molar-refractivity contribution in [1.29, 1.82) is 0 Å². The number of nitrogens with one attached hydrogen (secondary N) is 2. The van der Waals surface area contributed by atoms with Gasteiger partial charge in [-0.1, -0.05) is 55.8 Å². The molecule has 0 fully saturated rings. The predicted molar refractivity (Wildman–Crippen MR) is 100 cm³/mol. The Hall–Kier alpha value is -1.91. The van der Waals surface area contributed by atoms with Gasteiger partial charge in [-0.25, -0.2) is 0 Å². The van der Waals surface area contributed by atoms with Crippen LogP contribution in [-0.2, 0) is 11.2 Å². The molecule has 0 aliphatic carbocycles. The van der Waals surface area contributed by atoms with E-state index in [1.54, 1.807) is 12.1 Å². The SMILES string of the molecule is CC(C)c1ccccc1NC(=S)NC(=O)Cc1ccc(Cl)cc1.